The van der Waals surface area contributed by atoms with Gasteiger partial charge in [-0.05, 0) is 0 Å². The molecule has 1 radical (unpaired) electrons. The van der Waals surface area contributed by atoms with Gasteiger partial charge in [-0.15, -0.1) is 0 Å². The van der Waals surface area contributed by atoms with E-state index in [9.17, 15) is 19.2 Å². The zero-order valence-electron chi connectivity index (χ0n) is 10.9. The van der Waals surface area contributed by atoms with Gasteiger partial charge in [-0.1, -0.05) is 26.3 Å². The van der Waals surface area contributed by atoms with Gasteiger partial charge >= 0.3 is 23.9 Å². The molecular weight excluding hydrogens is 458 g/mol. The number of rotatable bonds is 4. The minimum Gasteiger partial charge on any atom is -0.478 e. The molecule has 4 N–H and O–H groups in total. The number of hydrogen-bond donors (Lipinski definition) is 4. The number of carboxylic acids is 4. The van der Waals surface area contributed by atoms with Crippen LogP contribution in [-0.4, -0.2) is 44.3 Å². The van der Waals surface area contributed by atoms with Crippen LogP contribution in [0.4, 0.5) is 0 Å². The summed E-state index contributed by atoms with van der Waals surface area (Å²) in [7, 11) is 0. The van der Waals surface area contributed by atoms with Gasteiger partial charge in [-0.25, -0.2) is 19.2 Å². The third-order valence-corrected chi connectivity index (χ3v) is 0.698. The fourth-order valence-corrected chi connectivity index (χ4v) is 0. The van der Waals surface area contributed by atoms with Gasteiger partial charge in [0, 0.05) is 44.7 Å². The van der Waals surface area contributed by atoms with Gasteiger partial charge in [-0.2, -0.15) is 0 Å². The Balaban J connectivity index is -0.0000000533. The summed E-state index contributed by atoms with van der Waals surface area (Å²) in [5.41, 5.74) is 0. The van der Waals surface area contributed by atoms with Crippen molar-refractivity contribution in [3.63, 3.8) is 0 Å². The maximum absolute atomic E-state index is 9.25. The fraction of sp³-hybridized carbons (Fsp3) is 0. The Morgan fingerprint density at radius 3 is 0.571 bits per heavy atom. The average molecular weight is 474 g/mol. The Bertz CT molecular complexity index is 301. The second kappa shape index (κ2) is 26.1. The molecule has 0 fully saturated rings. The van der Waals surface area contributed by atoms with Crippen molar-refractivity contribution < 1.29 is 60.0 Å². The topological polar surface area (TPSA) is 149 Å². The van der Waals surface area contributed by atoms with Crippen LogP contribution in [-0.2, 0) is 39.6 Å². The molecule has 0 saturated carbocycles. The molecule has 0 aromatic heterocycles. The Morgan fingerprint density at radius 2 is 0.571 bits per heavy atom. The number of hydrogen-bond acceptors (Lipinski definition) is 4. The Hall–Kier alpha value is -2.50. The summed E-state index contributed by atoms with van der Waals surface area (Å²) in [6, 6.07) is 0. The van der Waals surface area contributed by atoms with Crippen LogP contribution >= 0.6 is 0 Å². The van der Waals surface area contributed by atoms with Gasteiger partial charge in [0.1, 0.15) is 0 Å². The van der Waals surface area contributed by atoms with Crippen LogP contribution < -0.4 is 0 Å². The van der Waals surface area contributed by atoms with E-state index in [0.29, 0.717) is 0 Å². The Kier molecular flexibility index (Phi) is 38.7. The van der Waals surface area contributed by atoms with Crippen molar-refractivity contribution in [3.8, 4) is 0 Å². The SMILES string of the molecule is C=CC(=O)O.C=CC(=O)O.C=CC(=O)O.C=CC(=O)O.[Re]. The molecule has 8 nitrogen and oxygen atoms in total. The van der Waals surface area contributed by atoms with Crippen LogP contribution in [0.1, 0.15) is 0 Å². The van der Waals surface area contributed by atoms with Crippen molar-refractivity contribution in [1.82, 2.24) is 0 Å². The third kappa shape index (κ3) is 139. The Labute approximate surface area is 135 Å². The summed E-state index contributed by atoms with van der Waals surface area (Å²) >= 11 is 0. The van der Waals surface area contributed by atoms with Gasteiger partial charge in [-0.3, -0.25) is 0 Å². The zero-order chi connectivity index (χ0) is 17.1. The molecule has 119 valence electrons. The fourth-order valence-electron chi connectivity index (χ4n) is 0. The summed E-state index contributed by atoms with van der Waals surface area (Å²) in [5.74, 6) is -3.93. The van der Waals surface area contributed by atoms with Gasteiger partial charge in [0.25, 0.3) is 0 Å². The van der Waals surface area contributed by atoms with Crippen LogP contribution in [0.15, 0.2) is 50.6 Å². The predicted octanol–water partition coefficient (Wildman–Crippen LogP) is 1.03. The van der Waals surface area contributed by atoms with Crippen LogP contribution in [0.5, 0.6) is 0 Å². The quantitative estimate of drug-likeness (QED) is 0.442. The van der Waals surface area contributed by atoms with E-state index >= 15 is 0 Å². The molecule has 0 atom stereocenters. The standard InChI is InChI=1S/4C3H4O2.Re/c4*1-2-3(4)5;/h4*2H,1H2,(H,4,5);. The molecule has 0 saturated heterocycles. The van der Waals surface area contributed by atoms with Crippen LogP contribution in [0.2, 0.25) is 0 Å². The molecule has 0 spiro atoms. The molecule has 9 heteroatoms. The molecule has 21 heavy (non-hydrogen) atoms. The molecule has 0 aliphatic rings. The van der Waals surface area contributed by atoms with E-state index < -0.39 is 23.9 Å². The number of aliphatic carboxylic acids is 4. The molecule has 0 bridgehead atoms. The van der Waals surface area contributed by atoms with Crippen molar-refractivity contribution in [2.45, 2.75) is 0 Å². The first-order valence-electron chi connectivity index (χ1n) is 4.50. The third-order valence-electron chi connectivity index (χ3n) is 0.698. The van der Waals surface area contributed by atoms with E-state index in [1.54, 1.807) is 0 Å². The molecule has 0 aromatic rings. The second-order valence-corrected chi connectivity index (χ2v) is 2.17. The first-order chi connectivity index (χ1) is 9.08. The Morgan fingerprint density at radius 1 is 0.524 bits per heavy atom. The maximum atomic E-state index is 9.25. The van der Waals surface area contributed by atoms with Gasteiger partial charge in [0.2, 0.25) is 0 Å². The first kappa shape index (κ1) is 31.1. The largest absolute Gasteiger partial charge is 0.478 e. The molecule has 0 amide bonds. The second-order valence-electron chi connectivity index (χ2n) is 2.17. The van der Waals surface area contributed by atoms with Crippen molar-refractivity contribution >= 4 is 23.9 Å². The summed E-state index contributed by atoms with van der Waals surface area (Å²) in [6.45, 7) is 11.8. The average Bonchev–Trinajstić information content (AvgIpc) is 2.40. The van der Waals surface area contributed by atoms with Gasteiger partial charge in [0.15, 0.2) is 0 Å². The summed E-state index contributed by atoms with van der Waals surface area (Å²) in [4.78, 5) is 37.0. The van der Waals surface area contributed by atoms with Crippen molar-refractivity contribution in [1.29, 1.82) is 0 Å². The molecule has 0 heterocycles. The predicted molar refractivity (Wildman–Crippen MR) is 71.3 cm³/mol. The van der Waals surface area contributed by atoms with Gasteiger partial charge in [0.05, 0.1) is 0 Å². The van der Waals surface area contributed by atoms with E-state index in [1.165, 1.54) is 0 Å². The molecular formula is C12H16O8Re. The monoisotopic (exact) mass is 475 g/mol. The maximum Gasteiger partial charge on any atom is 0.327 e. The number of carbonyl (C=O) groups is 4. The van der Waals surface area contributed by atoms with Gasteiger partial charge < -0.3 is 20.4 Å². The minimum atomic E-state index is -0.981. The summed E-state index contributed by atoms with van der Waals surface area (Å²) in [5, 5.41) is 30.4. The summed E-state index contributed by atoms with van der Waals surface area (Å²) < 4.78 is 0. The minimum absolute atomic E-state index is 0. The molecule has 0 aliphatic carbocycles. The molecule has 0 aliphatic heterocycles. The molecule has 0 aromatic carbocycles. The van der Waals surface area contributed by atoms with E-state index in [1.807, 2.05) is 0 Å². The van der Waals surface area contributed by atoms with E-state index in [-0.39, 0.29) is 20.4 Å². The smallest absolute Gasteiger partial charge is 0.327 e. The zero-order valence-corrected chi connectivity index (χ0v) is 13.7. The normalized spacial score (nSPS) is 6.10. The molecule has 0 unspecified atom stereocenters. The van der Waals surface area contributed by atoms with Crippen molar-refractivity contribution in [2.75, 3.05) is 0 Å². The van der Waals surface area contributed by atoms with E-state index in [4.69, 9.17) is 20.4 Å². The first-order valence-corrected chi connectivity index (χ1v) is 4.50. The van der Waals surface area contributed by atoms with Crippen LogP contribution in [0.25, 0.3) is 0 Å². The van der Waals surface area contributed by atoms with Crippen molar-refractivity contribution in [3.05, 3.63) is 50.6 Å². The van der Waals surface area contributed by atoms with E-state index in [0.717, 1.165) is 24.3 Å². The summed E-state index contributed by atoms with van der Waals surface area (Å²) in [6.07, 6.45) is 3.33. The van der Waals surface area contributed by atoms with E-state index in [2.05, 4.69) is 26.3 Å². The molecule has 0 rings (SSSR count). The number of carboxylic acid groups (broad SMARTS) is 4. The van der Waals surface area contributed by atoms with Crippen LogP contribution in [0.3, 0.4) is 0 Å². The van der Waals surface area contributed by atoms with Crippen LogP contribution in [0, 0.1) is 0 Å². The van der Waals surface area contributed by atoms with Crippen molar-refractivity contribution in [2.24, 2.45) is 0 Å².